The maximum absolute atomic E-state index is 11.9. The fourth-order valence-corrected chi connectivity index (χ4v) is 3.08. The molecule has 1 fully saturated rings. The molecule has 4 N–H and O–H groups in total. The molecule has 0 aliphatic heterocycles. The highest BCUT2D eigenvalue weighted by molar-refractivity contribution is 6.08. The van der Waals surface area contributed by atoms with E-state index in [1.165, 1.54) is 70.6 Å². The van der Waals surface area contributed by atoms with E-state index in [0.717, 1.165) is 25.8 Å². The van der Waals surface area contributed by atoms with E-state index in [0.29, 0.717) is 0 Å². The first kappa shape index (κ1) is 20.0. The molecule has 4 heteroatoms. The quantitative estimate of drug-likeness (QED) is 0.235. The highest BCUT2D eigenvalue weighted by atomic mass is 16.2. The summed E-state index contributed by atoms with van der Waals surface area (Å²) in [5.41, 5.74) is 4.86. The highest BCUT2D eigenvalue weighted by Crippen LogP contribution is 2.45. The van der Waals surface area contributed by atoms with E-state index < -0.39 is 5.41 Å². The van der Waals surface area contributed by atoms with Gasteiger partial charge in [-0.1, -0.05) is 77.6 Å². The molecule has 0 radical (unpaired) electrons. The highest BCUT2D eigenvalue weighted by Gasteiger charge is 2.52. The van der Waals surface area contributed by atoms with Gasteiger partial charge in [0.05, 0.1) is 0 Å². The minimum absolute atomic E-state index is 0.0321. The molecule has 0 spiro atoms. The van der Waals surface area contributed by atoms with Gasteiger partial charge in [-0.15, -0.1) is 0 Å². The van der Waals surface area contributed by atoms with Gasteiger partial charge in [-0.3, -0.25) is 10.2 Å². The monoisotopic (exact) mass is 323 g/mol. The van der Waals surface area contributed by atoms with Crippen LogP contribution < -0.4 is 11.1 Å². The summed E-state index contributed by atoms with van der Waals surface area (Å²) in [7, 11) is 0. The summed E-state index contributed by atoms with van der Waals surface area (Å²) in [4.78, 5) is 11.9. The van der Waals surface area contributed by atoms with Crippen molar-refractivity contribution in [2.24, 2.45) is 11.1 Å². The van der Waals surface area contributed by atoms with Gasteiger partial charge in [0.25, 0.3) is 0 Å². The second kappa shape index (κ2) is 11.5. The summed E-state index contributed by atoms with van der Waals surface area (Å²) in [6, 6.07) is 0. The molecule has 1 aliphatic rings. The Hall–Kier alpha value is -1.06. The Morgan fingerprint density at radius 3 is 1.74 bits per heavy atom. The summed E-state index contributed by atoms with van der Waals surface area (Å²) in [6.45, 7) is 2.99. The Kier molecular flexibility index (Phi) is 9.97. The molecule has 1 aliphatic carbocycles. The van der Waals surface area contributed by atoms with Crippen molar-refractivity contribution in [1.29, 1.82) is 5.41 Å². The summed E-state index contributed by atoms with van der Waals surface area (Å²) < 4.78 is 0. The maximum Gasteiger partial charge on any atom is 0.233 e. The third kappa shape index (κ3) is 7.85. The number of hydrogen-bond donors (Lipinski definition) is 3. The van der Waals surface area contributed by atoms with Crippen molar-refractivity contribution < 1.29 is 4.79 Å². The zero-order valence-corrected chi connectivity index (χ0v) is 15.1. The zero-order chi connectivity index (χ0) is 17.0. The first-order valence-electron chi connectivity index (χ1n) is 9.76. The van der Waals surface area contributed by atoms with Crippen LogP contribution in [0.25, 0.3) is 0 Å². The van der Waals surface area contributed by atoms with Crippen LogP contribution in [0.4, 0.5) is 0 Å². The summed E-state index contributed by atoms with van der Waals surface area (Å²) >= 11 is 0. The molecule has 0 heterocycles. The van der Waals surface area contributed by atoms with Crippen molar-refractivity contribution in [3.63, 3.8) is 0 Å². The van der Waals surface area contributed by atoms with E-state index in [-0.39, 0.29) is 11.7 Å². The third-order valence-corrected chi connectivity index (χ3v) is 5.02. The second-order valence-electron chi connectivity index (χ2n) is 7.14. The van der Waals surface area contributed by atoms with E-state index in [1.54, 1.807) is 0 Å². The van der Waals surface area contributed by atoms with Gasteiger partial charge in [-0.25, -0.2) is 0 Å². The molecule has 1 rings (SSSR count). The Balaban J connectivity index is 1.82. The van der Waals surface area contributed by atoms with Gasteiger partial charge >= 0.3 is 0 Å². The summed E-state index contributed by atoms with van der Waals surface area (Å²) in [5.74, 6) is -0.00207. The molecule has 0 aromatic rings. The van der Waals surface area contributed by atoms with Gasteiger partial charge in [-0.05, 0) is 19.3 Å². The minimum atomic E-state index is -0.642. The maximum atomic E-state index is 11.9. The third-order valence-electron chi connectivity index (χ3n) is 5.02. The van der Waals surface area contributed by atoms with Gasteiger partial charge in [0.2, 0.25) is 5.91 Å². The molecule has 1 amide bonds. The molecule has 0 saturated heterocycles. The smallest absolute Gasteiger partial charge is 0.233 e. The van der Waals surface area contributed by atoms with Crippen LogP contribution in [0.1, 0.15) is 96.8 Å². The van der Waals surface area contributed by atoms with Crippen LogP contribution in [0.2, 0.25) is 0 Å². The molecule has 134 valence electrons. The van der Waals surface area contributed by atoms with Gasteiger partial charge in [0.15, 0.2) is 0 Å². The largest absolute Gasteiger partial charge is 0.387 e. The van der Waals surface area contributed by atoms with Gasteiger partial charge in [-0.2, -0.15) is 0 Å². The van der Waals surface area contributed by atoms with Crippen molar-refractivity contribution in [2.45, 2.75) is 96.8 Å². The predicted octanol–water partition coefficient (Wildman–Crippen LogP) is 4.52. The van der Waals surface area contributed by atoms with Crippen molar-refractivity contribution in [3.05, 3.63) is 0 Å². The van der Waals surface area contributed by atoms with Crippen LogP contribution in [0.15, 0.2) is 0 Å². The number of amidine groups is 1. The lowest BCUT2D eigenvalue weighted by atomic mass is 10.0. The molecular weight excluding hydrogens is 286 g/mol. The average Bonchev–Trinajstić information content (AvgIpc) is 3.33. The molecular formula is C19H37N3O. The molecule has 0 aromatic heterocycles. The van der Waals surface area contributed by atoms with E-state index in [9.17, 15) is 4.79 Å². The lowest BCUT2D eigenvalue weighted by molar-refractivity contribution is -0.124. The van der Waals surface area contributed by atoms with E-state index in [4.69, 9.17) is 11.1 Å². The van der Waals surface area contributed by atoms with Crippen LogP contribution >= 0.6 is 0 Å². The predicted molar refractivity (Wildman–Crippen MR) is 97.7 cm³/mol. The molecule has 0 aromatic carbocycles. The Morgan fingerprint density at radius 2 is 1.35 bits per heavy atom. The number of carbonyl (C=O) groups excluding carboxylic acids is 1. The van der Waals surface area contributed by atoms with Gasteiger partial charge < -0.3 is 11.1 Å². The molecule has 0 unspecified atom stereocenters. The van der Waals surface area contributed by atoms with Crippen molar-refractivity contribution in [3.8, 4) is 0 Å². The SMILES string of the molecule is CCCCCCCCCCCCCCNC(=O)C1(C(=N)N)CC1. The molecule has 0 atom stereocenters. The summed E-state index contributed by atoms with van der Waals surface area (Å²) in [6.07, 6.45) is 17.4. The Bertz CT molecular complexity index is 351. The number of unbranched alkanes of at least 4 members (excludes halogenated alkanes) is 11. The first-order chi connectivity index (χ1) is 11.1. The van der Waals surface area contributed by atoms with Gasteiger partial charge in [0.1, 0.15) is 11.3 Å². The van der Waals surface area contributed by atoms with Crippen LogP contribution in [0.3, 0.4) is 0 Å². The Labute approximate surface area is 142 Å². The second-order valence-corrected chi connectivity index (χ2v) is 7.14. The standard InChI is InChI=1S/C19H37N3O/c1-2-3-4-5-6-7-8-9-10-11-12-13-16-22-18(23)19(14-15-19)17(20)21/h2-16H2,1H3,(H3,20,21)(H,22,23). The van der Waals surface area contributed by atoms with Crippen LogP contribution in [0.5, 0.6) is 0 Å². The van der Waals surface area contributed by atoms with E-state index in [2.05, 4.69) is 12.2 Å². The topological polar surface area (TPSA) is 79.0 Å². The number of nitrogens with one attached hydrogen (secondary N) is 2. The molecule has 23 heavy (non-hydrogen) atoms. The number of hydrogen-bond acceptors (Lipinski definition) is 2. The molecule has 4 nitrogen and oxygen atoms in total. The van der Waals surface area contributed by atoms with Crippen LogP contribution in [-0.4, -0.2) is 18.3 Å². The van der Waals surface area contributed by atoms with Crippen molar-refractivity contribution >= 4 is 11.7 Å². The zero-order valence-electron chi connectivity index (χ0n) is 15.1. The number of rotatable bonds is 15. The minimum Gasteiger partial charge on any atom is -0.387 e. The number of nitrogens with two attached hydrogens (primary N) is 1. The van der Waals surface area contributed by atoms with Crippen molar-refractivity contribution in [2.75, 3.05) is 6.54 Å². The lowest BCUT2D eigenvalue weighted by Gasteiger charge is -2.13. The molecule has 1 saturated carbocycles. The van der Waals surface area contributed by atoms with Crippen LogP contribution in [0, 0.1) is 10.8 Å². The Morgan fingerprint density at radius 1 is 0.913 bits per heavy atom. The first-order valence-corrected chi connectivity index (χ1v) is 9.76. The lowest BCUT2D eigenvalue weighted by Crippen LogP contribution is -2.40. The molecule has 0 bridgehead atoms. The van der Waals surface area contributed by atoms with Crippen LogP contribution in [-0.2, 0) is 4.79 Å². The normalized spacial score (nSPS) is 15.3. The average molecular weight is 324 g/mol. The van der Waals surface area contributed by atoms with E-state index >= 15 is 0 Å². The van der Waals surface area contributed by atoms with E-state index in [1.807, 2.05) is 0 Å². The fraction of sp³-hybridized carbons (Fsp3) is 0.895. The number of carbonyl (C=O) groups is 1. The van der Waals surface area contributed by atoms with Gasteiger partial charge in [0, 0.05) is 6.54 Å². The summed E-state index contributed by atoms with van der Waals surface area (Å²) in [5, 5.41) is 10.4. The number of amides is 1. The van der Waals surface area contributed by atoms with Crippen molar-refractivity contribution in [1.82, 2.24) is 5.32 Å². The fourth-order valence-electron chi connectivity index (χ4n) is 3.08.